The van der Waals surface area contributed by atoms with Crippen molar-refractivity contribution in [3.63, 3.8) is 0 Å². The maximum Gasteiger partial charge on any atom is -1.00 e. The second-order valence-electron chi connectivity index (χ2n) is 6.47. The van der Waals surface area contributed by atoms with Crippen LogP contribution in [0.4, 0.5) is 0 Å². The molecule has 2 aromatic rings. The molecule has 3 heteroatoms. The van der Waals surface area contributed by atoms with E-state index < -0.39 is 23.2 Å². The van der Waals surface area contributed by atoms with Gasteiger partial charge in [0.05, 0.1) is 0 Å². The van der Waals surface area contributed by atoms with Gasteiger partial charge in [0.2, 0.25) is 0 Å². The van der Waals surface area contributed by atoms with Gasteiger partial charge in [0.15, 0.2) is 0 Å². The van der Waals surface area contributed by atoms with E-state index in [0.717, 1.165) is 16.5 Å². The molecule has 122 valence electrons. The zero-order chi connectivity index (χ0) is 15.1. The van der Waals surface area contributed by atoms with Crippen LogP contribution in [0.1, 0.15) is 37.0 Å². The molecular formula is C21H20Cl2Zr. The second kappa shape index (κ2) is 8.17. The van der Waals surface area contributed by atoms with Crippen molar-refractivity contribution in [1.29, 1.82) is 0 Å². The van der Waals surface area contributed by atoms with Crippen LogP contribution in [0.25, 0.3) is 16.7 Å². The fourth-order valence-electron chi connectivity index (χ4n) is 3.58. The van der Waals surface area contributed by atoms with Crippen molar-refractivity contribution in [3.8, 4) is 11.1 Å². The van der Waals surface area contributed by atoms with Crippen LogP contribution < -0.4 is 28.1 Å². The molecule has 4 rings (SSSR count). The molecule has 2 aromatic carbocycles. The summed E-state index contributed by atoms with van der Waals surface area (Å²) in [5.41, 5.74) is 9.20. The molecule has 0 aliphatic heterocycles. The van der Waals surface area contributed by atoms with Gasteiger partial charge < -0.3 is 24.8 Å². The van der Waals surface area contributed by atoms with Crippen molar-refractivity contribution in [2.45, 2.75) is 30.3 Å². The van der Waals surface area contributed by atoms with Crippen LogP contribution in [0.2, 0.25) is 3.63 Å². The van der Waals surface area contributed by atoms with Gasteiger partial charge in [-0.05, 0) is 0 Å². The zero-order valence-electron chi connectivity index (χ0n) is 13.9. The van der Waals surface area contributed by atoms with Crippen molar-refractivity contribution in [1.82, 2.24) is 0 Å². The van der Waals surface area contributed by atoms with E-state index in [-0.39, 0.29) is 24.8 Å². The Morgan fingerprint density at radius 3 is 2.38 bits per heavy atom. The van der Waals surface area contributed by atoms with E-state index in [1.165, 1.54) is 22.3 Å². The van der Waals surface area contributed by atoms with E-state index in [9.17, 15) is 0 Å². The Balaban J connectivity index is 0.00000104. The molecule has 24 heavy (non-hydrogen) atoms. The Hall–Kier alpha value is -0.617. The van der Waals surface area contributed by atoms with Crippen LogP contribution in [0.3, 0.4) is 0 Å². The summed E-state index contributed by atoms with van der Waals surface area (Å²) in [6.07, 6.45) is 9.05. The van der Waals surface area contributed by atoms with Crippen LogP contribution in [0.15, 0.2) is 54.6 Å². The number of benzene rings is 2. The number of hydrogen-bond donors (Lipinski definition) is 0. The monoisotopic (exact) mass is 432 g/mol. The summed E-state index contributed by atoms with van der Waals surface area (Å²) in [5.74, 6) is 0. The summed E-state index contributed by atoms with van der Waals surface area (Å²) < 4.78 is 2.61. The van der Waals surface area contributed by atoms with Crippen molar-refractivity contribution >= 4 is 8.84 Å². The van der Waals surface area contributed by atoms with E-state index in [4.69, 9.17) is 0 Å². The average Bonchev–Trinajstić information content (AvgIpc) is 3.14. The number of rotatable bonds is 3. The van der Waals surface area contributed by atoms with Gasteiger partial charge in [0.1, 0.15) is 0 Å². The molecule has 0 atom stereocenters. The van der Waals surface area contributed by atoms with E-state index >= 15 is 0 Å². The fraction of sp³-hybridized carbons (Fsp3) is 0.238. The number of allylic oxidation sites excluding steroid dienone is 4. The molecule has 0 spiro atoms. The van der Waals surface area contributed by atoms with Crippen LogP contribution in [-0.4, -0.2) is 0 Å². The first kappa shape index (κ1) is 19.7. The standard InChI is InChI=1S/C18H13.C3H7.2ClH.Zr/c1-2-6-13(5-1)14-9-10-18-16(11-14)12-15-7-3-4-8-17(15)18;1-3-2;;;/h1-5,7-10H,6,12H2;3H,1-2H3;2*1H;/q;;;;+2/p-2. The largest absolute Gasteiger partial charge is 1.00 e. The van der Waals surface area contributed by atoms with Gasteiger partial charge in [0, 0.05) is 0 Å². The molecule has 0 heterocycles. The first-order valence-electron chi connectivity index (χ1n) is 8.11. The van der Waals surface area contributed by atoms with E-state index in [2.05, 4.69) is 68.5 Å². The molecule has 0 N–H and O–H groups in total. The SMILES string of the molecule is C[CH](C)[Zr+2][c]1c(C2=CC=CC2)ccc2c1Cc1ccccc1-2.[Cl-].[Cl-]. The quantitative estimate of drug-likeness (QED) is 0.504. The van der Waals surface area contributed by atoms with Gasteiger partial charge >= 0.3 is 145 Å². The topological polar surface area (TPSA) is 0 Å². The molecule has 0 saturated heterocycles. The smallest absolute Gasteiger partial charge is 1.00 e. The minimum Gasteiger partial charge on any atom is -1.00 e. The van der Waals surface area contributed by atoms with Crippen molar-refractivity contribution < 1.29 is 48.0 Å². The Morgan fingerprint density at radius 2 is 1.67 bits per heavy atom. The normalized spacial score (nSPS) is 13.5. The molecule has 0 aromatic heterocycles. The third-order valence-electron chi connectivity index (χ3n) is 4.54. The first-order valence-corrected chi connectivity index (χ1v) is 10.8. The van der Waals surface area contributed by atoms with Crippen molar-refractivity contribution in [2.24, 2.45) is 0 Å². The van der Waals surface area contributed by atoms with Crippen LogP contribution in [-0.2, 0) is 29.7 Å². The van der Waals surface area contributed by atoms with Gasteiger partial charge in [-0.15, -0.1) is 0 Å². The number of halogens is 2. The van der Waals surface area contributed by atoms with E-state index in [0.29, 0.717) is 0 Å². The molecule has 0 radical (unpaired) electrons. The third kappa shape index (κ3) is 3.50. The molecule has 0 unspecified atom stereocenters. The summed E-state index contributed by atoms with van der Waals surface area (Å²) in [6.45, 7) is 4.80. The average molecular weight is 435 g/mol. The molecule has 2 aliphatic rings. The Morgan fingerprint density at radius 1 is 0.917 bits per heavy atom. The maximum absolute atomic E-state index is 2.40. The van der Waals surface area contributed by atoms with E-state index in [1.807, 2.05) is 0 Å². The van der Waals surface area contributed by atoms with Gasteiger partial charge in [0.25, 0.3) is 0 Å². The van der Waals surface area contributed by atoms with Crippen molar-refractivity contribution in [3.05, 3.63) is 71.3 Å². The maximum atomic E-state index is 2.40. The molecular weight excluding hydrogens is 414 g/mol. The Kier molecular flexibility index (Phi) is 6.71. The minimum absolute atomic E-state index is 0. The third-order valence-corrected chi connectivity index (χ3v) is 8.07. The zero-order valence-corrected chi connectivity index (χ0v) is 17.9. The molecule has 0 nitrogen and oxygen atoms in total. The second-order valence-corrected chi connectivity index (χ2v) is 11.2. The predicted molar refractivity (Wildman–Crippen MR) is 91.2 cm³/mol. The van der Waals surface area contributed by atoms with Crippen LogP contribution in [0, 0.1) is 0 Å². The summed E-state index contributed by atoms with van der Waals surface area (Å²) in [4.78, 5) is 0. The summed E-state index contributed by atoms with van der Waals surface area (Å²) >= 11 is -0.561. The summed E-state index contributed by atoms with van der Waals surface area (Å²) in [6, 6.07) is 13.7. The summed E-state index contributed by atoms with van der Waals surface area (Å²) in [5, 5.41) is 0. The fourth-order valence-corrected chi connectivity index (χ4v) is 6.96. The van der Waals surface area contributed by atoms with E-state index in [1.54, 1.807) is 14.4 Å². The van der Waals surface area contributed by atoms with Crippen LogP contribution >= 0.6 is 0 Å². The predicted octanol–water partition coefficient (Wildman–Crippen LogP) is -0.855. The summed E-state index contributed by atoms with van der Waals surface area (Å²) in [7, 11) is 0. The first-order chi connectivity index (χ1) is 10.7. The van der Waals surface area contributed by atoms with Gasteiger partial charge in [-0.2, -0.15) is 0 Å². The molecule has 0 bridgehead atoms. The number of hydrogen-bond acceptors (Lipinski definition) is 0. The van der Waals surface area contributed by atoms with Gasteiger partial charge in [-0.25, -0.2) is 0 Å². The minimum atomic E-state index is -0.561. The van der Waals surface area contributed by atoms with Gasteiger partial charge in [-0.3, -0.25) is 0 Å². The molecule has 0 amide bonds. The number of fused-ring (bicyclic) bond motifs is 3. The van der Waals surface area contributed by atoms with Gasteiger partial charge in [-0.1, -0.05) is 0 Å². The molecule has 2 aliphatic carbocycles. The molecule has 0 saturated carbocycles. The molecule has 0 fully saturated rings. The Bertz CT molecular complexity index is 803. The Labute approximate surface area is 168 Å². The van der Waals surface area contributed by atoms with Crippen molar-refractivity contribution in [2.75, 3.05) is 0 Å². The van der Waals surface area contributed by atoms with Crippen LogP contribution in [0.5, 0.6) is 0 Å².